The highest BCUT2D eigenvalue weighted by atomic mass is 16.5. The van der Waals surface area contributed by atoms with Crippen LogP contribution in [0, 0.1) is 23.7 Å². The third-order valence-corrected chi connectivity index (χ3v) is 3.32. The van der Waals surface area contributed by atoms with Crippen LogP contribution in [0.4, 0.5) is 0 Å². The largest absolute Gasteiger partial charge is 0.469 e. The number of rotatable bonds is 4. The first-order valence-corrected chi connectivity index (χ1v) is 5.96. The van der Waals surface area contributed by atoms with E-state index in [1.54, 1.807) is 0 Å². The third-order valence-electron chi connectivity index (χ3n) is 3.32. The average molecular weight is 260 g/mol. The summed E-state index contributed by atoms with van der Waals surface area (Å²) in [4.78, 5) is 21.2. The number of carbonyl (C=O) groups excluding carboxylic acids is 2. The summed E-state index contributed by atoms with van der Waals surface area (Å²) in [6, 6.07) is 0. The van der Waals surface area contributed by atoms with Gasteiger partial charge in [-0.15, -0.1) is 0 Å². The molecular weight excluding hydrogens is 240 g/mol. The Kier molecular flexibility index (Phi) is 5.55. The predicted octanol–water partition coefficient (Wildman–Crippen LogP) is -0.424. The van der Waals surface area contributed by atoms with Crippen LogP contribution >= 0.6 is 0 Å². The van der Waals surface area contributed by atoms with Gasteiger partial charge in [0.15, 0.2) is 0 Å². The van der Waals surface area contributed by atoms with Crippen molar-refractivity contribution in [1.82, 2.24) is 0 Å². The maximum atomic E-state index is 10.6. The van der Waals surface area contributed by atoms with Crippen molar-refractivity contribution >= 4 is 11.9 Å². The number of ether oxygens (including phenoxy) is 2. The van der Waals surface area contributed by atoms with Crippen LogP contribution in [0.15, 0.2) is 0 Å². The zero-order valence-corrected chi connectivity index (χ0v) is 10.7. The molecule has 0 radical (unpaired) electrons. The van der Waals surface area contributed by atoms with E-state index < -0.39 is 0 Å². The van der Waals surface area contributed by atoms with E-state index in [-0.39, 0.29) is 48.8 Å². The van der Waals surface area contributed by atoms with Crippen molar-refractivity contribution in [2.75, 3.05) is 27.4 Å². The summed E-state index contributed by atoms with van der Waals surface area (Å²) in [5.74, 6) is -0.0435. The van der Waals surface area contributed by atoms with Gasteiger partial charge in [0.1, 0.15) is 0 Å². The average Bonchev–Trinajstić information content (AvgIpc) is 3.30. The lowest BCUT2D eigenvalue weighted by Crippen LogP contribution is -2.05. The molecular formula is C12H20O6. The van der Waals surface area contributed by atoms with Crippen molar-refractivity contribution < 1.29 is 29.3 Å². The number of carbonyl (C=O) groups is 2. The summed E-state index contributed by atoms with van der Waals surface area (Å²) < 4.78 is 8.91. The SMILES string of the molecule is COC(=O)[C@@H]1C[C@H]1CO.COC(=O)[C@H]1C[C@@H]1CO. The van der Waals surface area contributed by atoms with Crippen LogP contribution in [0.3, 0.4) is 0 Å². The maximum Gasteiger partial charge on any atom is 0.309 e. The normalized spacial score (nSPS) is 31.8. The number of methoxy groups -OCH3 is 2. The van der Waals surface area contributed by atoms with Crippen LogP contribution < -0.4 is 0 Å². The summed E-state index contributed by atoms with van der Waals surface area (Å²) in [7, 11) is 2.74. The van der Waals surface area contributed by atoms with Gasteiger partial charge in [-0.1, -0.05) is 0 Å². The highest BCUT2D eigenvalue weighted by Crippen LogP contribution is 2.39. The lowest BCUT2D eigenvalue weighted by molar-refractivity contribution is -0.143. The minimum atomic E-state index is -0.186. The fraction of sp³-hybridized carbons (Fsp3) is 0.833. The van der Waals surface area contributed by atoms with E-state index in [9.17, 15) is 9.59 Å². The second kappa shape index (κ2) is 6.70. The molecule has 6 nitrogen and oxygen atoms in total. The lowest BCUT2D eigenvalue weighted by atomic mass is 10.3. The number of aliphatic hydroxyl groups is 2. The minimum absolute atomic E-state index is 0.0139. The lowest BCUT2D eigenvalue weighted by Gasteiger charge is -1.93. The Balaban J connectivity index is 0.000000180. The molecule has 0 aliphatic heterocycles. The Morgan fingerprint density at radius 1 is 0.944 bits per heavy atom. The molecule has 0 unspecified atom stereocenters. The fourth-order valence-electron chi connectivity index (χ4n) is 1.78. The quantitative estimate of drug-likeness (QED) is 0.667. The highest BCUT2D eigenvalue weighted by Gasteiger charge is 2.43. The van der Waals surface area contributed by atoms with Crippen LogP contribution in [-0.4, -0.2) is 49.6 Å². The molecule has 104 valence electrons. The number of hydrogen-bond donors (Lipinski definition) is 2. The Hall–Kier alpha value is -1.14. The topological polar surface area (TPSA) is 93.1 Å². The van der Waals surface area contributed by atoms with Crippen LogP contribution in [0.2, 0.25) is 0 Å². The van der Waals surface area contributed by atoms with Gasteiger partial charge in [-0.05, 0) is 24.7 Å². The third kappa shape index (κ3) is 3.96. The first-order chi connectivity index (χ1) is 8.58. The molecule has 0 amide bonds. The molecule has 0 aromatic carbocycles. The predicted molar refractivity (Wildman–Crippen MR) is 61.4 cm³/mol. The molecule has 2 rings (SSSR count). The Bertz CT molecular complexity index is 273. The van der Waals surface area contributed by atoms with E-state index in [4.69, 9.17) is 10.2 Å². The molecule has 0 heterocycles. The van der Waals surface area contributed by atoms with Gasteiger partial charge in [-0.3, -0.25) is 9.59 Å². The number of hydrogen-bond acceptors (Lipinski definition) is 6. The summed E-state index contributed by atoms with van der Waals surface area (Å²) in [5.41, 5.74) is 0. The van der Waals surface area contributed by atoms with Crippen LogP contribution in [0.1, 0.15) is 12.8 Å². The van der Waals surface area contributed by atoms with Crippen molar-refractivity contribution in [1.29, 1.82) is 0 Å². The Morgan fingerprint density at radius 3 is 1.44 bits per heavy atom. The second-order valence-corrected chi connectivity index (χ2v) is 4.62. The zero-order valence-electron chi connectivity index (χ0n) is 10.7. The molecule has 0 saturated heterocycles. The van der Waals surface area contributed by atoms with Gasteiger partial charge in [-0.25, -0.2) is 0 Å². The van der Waals surface area contributed by atoms with Gasteiger partial charge in [-0.2, -0.15) is 0 Å². The summed E-state index contributed by atoms with van der Waals surface area (Å²) in [5, 5.41) is 17.0. The van der Waals surface area contributed by atoms with Gasteiger partial charge < -0.3 is 19.7 Å². The van der Waals surface area contributed by atoms with Gasteiger partial charge in [0.25, 0.3) is 0 Å². The molecule has 18 heavy (non-hydrogen) atoms. The van der Waals surface area contributed by atoms with E-state index >= 15 is 0 Å². The van der Waals surface area contributed by atoms with Crippen molar-refractivity contribution in [3.8, 4) is 0 Å². The van der Waals surface area contributed by atoms with Crippen LogP contribution in [-0.2, 0) is 19.1 Å². The summed E-state index contributed by atoms with van der Waals surface area (Å²) in [6.45, 7) is 0.222. The van der Waals surface area contributed by atoms with Crippen LogP contribution in [0.5, 0.6) is 0 Å². The molecule has 2 N–H and O–H groups in total. The molecule has 4 atom stereocenters. The molecule has 6 heteroatoms. The summed E-state index contributed by atoms with van der Waals surface area (Å²) in [6.07, 6.45) is 1.59. The van der Waals surface area contributed by atoms with E-state index in [0.29, 0.717) is 0 Å². The second-order valence-electron chi connectivity index (χ2n) is 4.62. The van der Waals surface area contributed by atoms with Crippen molar-refractivity contribution in [3.63, 3.8) is 0 Å². The fourth-order valence-corrected chi connectivity index (χ4v) is 1.78. The molecule has 0 aromatic rings. The monoisotopic (exact) mass is 260 g/mol. The Labute approximate surface area is 106 Å². The van der Waals surface area contributed by atoms with Gasteiger partial charge in [0.2, 0.25) is 0 Å². The highest BCUT2D eigenvalue weighted by molar-refractivity contribution is 5.75. The zero-order chi connectivity index (χ0) is 13.7. The Morgan fingerprint density at radius 2 is 1.28 bits per heavy atom. The smallest absolute Gasteiger partial charge is 0.309 e. The van der Waals surface area contributed by atoms with E-state index in [1.807, 2.05) is 0 Å². The molecule has 2 fully saturated rings. The van der Waals surface area contributed by atoms with Crippen molar-refractivity contribution in [3.05, 3.63) is 0 Å². The molecule has 2 saturated carbocycles. The van der Waals surface area contributed by atoms with Gasteiger partial charge >= 0.3 is 11.9 Å². The molecule has 0 spiro atoms. The van der Waals surface area contributed by atoms with Gasteiger partial charge in [0.05, 0.1) is 26.1 Å². The summed E-state index contributed by atoms with van der Waals surface area (Å²) >= 11 is 0. The van der Waals surface area contributed by atoms with Gasteiger partial charge in [0, 0.05) is 13.2 Å². The van der Waals surface area contributed by atoms with E-state index in [0.717, 1.165) is 12.8 Å². The van der Waals surface area contributed by atoms with Crippen molar-refractivity contribution in [2.45, 2.75) is 12.8 Å². The molecule has 2 aliphatic rings. The molecule has 0 bridgehead atoms. The minimum Gasteiger partial charge on any atom is -0.469 e. The first-order valence-electron chi connectivity index (χ1n) is 5.96. The maximum absolute atomic E-state index is 10.6. The van der Waals surface area contributed by atoms with E-state index in [2.05, 4.69) is 9.47 Å². The van der Waals surface area contributed by atoms with Crippen LogP contribution in [0.25, 0.3) is 0 Å². The number of esters is 2. The van der Waals surface area contributed by atoms with E-state index in [1.165, 1.54) is 14.2 Å². The standard InChI is InChI=1S/2C6H10O3/c2*1-9-6(8)5-2-4(5)3-7/h2*4-5,7H,2-3H2,1H3/t2*4-,5+/m10/s1. The van der Waals surface area contributed by atoms with Crippen molar-refractivity contribution in [2.24, 2.45) is 23.7 Å². The first kappa shape index (κ1) is 14.9. The molecule has 0 aromatic heterocycles. The molecule has 2 aliphatic carbocycles. The number of aliphatic hydroxyl groups excluding tert-OH is 2.